The van der Waals surface area contributed by atoms with E-state index in [2.05, 4.69) is 20.3 Å². The molecule has 2 aromatic heterocycles. The van der Waals surface area contributed by atoms with E-state index in [1.807, 2.05) is 68.1 Å². The van der Waals surface area contributed by atoms with Crippen molar-refractivity contribution in [1.29, 1.82) is 0 Å². The topological polar surface area (TPSA) is 83.9 Å². The summed E-state index contributed by atoms with van der Waals surface area (Å²) < 4.78 is 0. The smallest absolute Gasteiger partial charge is 0.253 e. The summed E-state index contributed by atoms with van der Waals surface area (Å²) in [4.78, 5) is 33.1. The van der Waals surface area contributed by atoms with Crippen LogP contribution in [-0.2, 0) is 0 Å². The Labute approximate surface area is 176 Å². The standard InChI is InChI=1S/C23H26N6O/c1-15-12-16(2)26-23(25-15)28-20-13-17(3)24-21(27-20)19-10-7-11-29(14-19)22(30)18-8-5-4-6-9-18/h4-6,8-9,12-13,19H,7,10-11,14H2,1-3H3,(H,24,25,26,27,28)/t19-/m1/s1. The Morgan fingerprint density at radius 3 is 2.40 bits per heavy atom. The first-order valence-electron chi connectivity index (χ1n) is 10.3. The molecule has 0 aliphatic carbocycles. The number of likely N-dealkylation sites (tertiary alicyclic amines) is 1. The zero-order valence-corrected chi connectivity index (χ0v) is 17.6. The summed E-state index contributed by atoms with van der Waals surface area (Å²) in [6.07, 6.45) is 1.89. The number of aryl methyl sites for hydroxylation is 3. The molecule has 1 amide bonds. The van der Waals surface area contributed by atoms with Crippen LogP contribution >= 0.6 is 0 Å². The van der Waals surface area contributed by atoms with Gasteiger partial charge in [-0.2, -0.15) is 0 Å². The van der Waals surface area contributed by atoms with Crippen LogP contribution in [0.2, 0.25) is 0 Å². The lowest BCUT2D eigenvalue weighted by Gasteiger charge is -2.32. The third-order valence-electron chi connectivity index (χ3n) is 5.19. The molecule has 4 rings (SSSR count). The average Bonchev–Trinajstić information content (AvgIpc) is 2.73. The van der Waals surface area contributed by atoms with Crippen LogP contribution in [-0.4, -0.2) is 43.8 Å². The molecule has 154 valence electrons. The van der Waals surface area contributed by atoms with E-state index in [-0.39, 0.29) is 11.8 Å². The molecule has 1 saturated heterocycles. The number of nitrogens with one attached hydrogen (secondary N) is 1. The molecular formula is C23H26N6O. The van der Waals surface area contributed by atoms with E-state index in [0.717, 1.165) is 47.9 Å². The lowest BCUT2D eigenvalue weighted by atomic mass is 9.96. The molecule has 0 spiro atoms. The fraction of sp³-hybridized carbons (Fsp3) is 0.348. The number of hydrogen-bond donors (Lipinski definition) is 1. The number of aromatic nitrogens is 4. The second-order valence-corrected chi connectivity index (χ2v) is 7.81. The molecule has 1 fully saturated rings. The first-order chi connectivity index (χ1) is 14.5. The van der Waals surface area contributed by atoms with Crippen LogP contribution in [0.3, 0.4) is 0 Å². The maximum atomic E-state index is 12.9. The van der Waals surface area contributed by atoms with Gasteiger partial charge in [0, 0.05) is 47.7 Å². The normalized spacial score (nSPS) is 16.4. The molecular weight excluding hydrogens is 376 g/mol. The van der Waals surface area contributed by atoms with Crippen LogP contribution < -0.4 is 5.32 Å². The van der Waals surface area contributed by atoms with Crippen LogP contribution in [0.4, 0.5) is 11.8 Å². The Morgan fingerprint density at radius 2 is 1.67 bits per heavy atom. The molecule has 1 aliphatic heterocycles. The number of carbonyl (C=O) groups is 1. The maximum absolute atomic E-state index is 12.9. The van der Waals surface area contributed by atoms with Gasteiger partial charge in [-0.15, -0.1) is 0 Å². The monoisotopic (exact) mass is 402 g/mol. The zero-order valence-electron chi connectivity index (χ0n) is 17.6. The summed E-state index contributed by atoms with van der Waals surface area (Å²) in [5.74, 6) is 2.13. The highest BCUT2D eigenvalue weighted by atomic mass is 16.2. The maximum Gasteiger partial charge on any atom is 0.253 e. The average molecular weight is 403 g/mol. The van der Waals surface area contributed by atoms with Crippen LogP contribution in [0.5, 0.6) is 0 Å². The third-order valence-corrected chi connectivity index (χ3v) is 5.19. The van der Waals surface area contributed by atoms with Crippen molar-refractivity contribution in [2.24, 2.45) is 0 Å². The van der Waals surface area contributed by atoms with Crippen LogP contribution in [0, 0.1) is 20.8 Å². The molecule has 1 aliphatic rings. The van der Waals surface area contributed by atoms with Crippen LogP contribution in [0.15, 0.2) is 42.5 Å². The van der Waals surface area contributed by atoms with Crippen LogP contribution in [0.1, 0.15) is 52.0 Å². The van der Waals surface area contributed by atoms with E-state index in [4.69, 9.17) is 4.98 Å². The van der Waals surface area contributed by atoms with E-state index in [1.54, 1.807) is 0 Å². The lowest BCUT2D eigenvalue weighted by molar-refractivity contribution is 0.0704. The molecule has 7 nitrogen and oxygen atoms in total. The number of amides is 1. The molecule has 3 heterocycles. The number of benzene rings is 1. The predicted octanol–water partition coefficient (Wildman–Crippen LogP) is 3.96. The number of piperidine rings is 1. The number of anilines is 2. The van der Waals surface area contributed by atoms with Crippen molar-refractivity contribution >= 4 is 17.7 Å². The fourth-order valence-corrected chi connectivity index (χ4v) is 3.87. The molecule has 1 aromatic carbocycles. The summed E-state index contributed by atoms with van der Waals surface area (Å²) in [6, 6.07) is 13.3. The first-order valence-corrected chi connectivity index (χ1v) is 10.3. The van der Waals surface area contributed by atoms with E-state index in [0.29, 0.717) is 18.3 Å². The lowest BCUT2D eigenvalue weighted by Crippen LogP contribution is -2.39. The van der Waals surface area contributed by atoms with Crippen LogP contribution in [0.25, 0.3) is 0 Å². The van der Waals surface area contributed by atoms with Gasteiger partial charge in [0.1, 0.15) is 11.6 Å². The van der Waals surface area contributed by atoms with Gasteiger partial charge in [-0.25, -0.2) is 19.9 Å². The van der Waals surface area contributed by atoms with E-state index in [1.165, 1.54) is 0 Å². The molecule has 0 unspecified atom stereocenters. The third kappa shape index (κ3) is 4.62. The van der Waals surface area contributed by atoms with Crippen molar-refractivity contribution in [3.05, 3.63) is 70.9 Å². The van der Waals surface area contributed by atoms with E-state index < -0.39 is 0 Å². The van der Waals surface area contributed by atoms with Gasteiger partial charge in [-0.3, -0.25) is 4.79 Å². The summed E-state index contributed by atoms with van der Waals surface area (Å²) in [6.45, 7) is 7.22. The van der Waals surface area contributed by atoms with Crippen molar-refractivity contribution in [2.75, 3.05) is 18.4 Å². The van der Waals surface area contributed by atoms with Gasteiger partial charge < -0.3 is 10.2 Å². The molecule has 30 heavy (non-hydrogen) atoms. The van der Waals surface area contributed by atoms with Gasteiger partial charge in [0.2, 0.25) is 5.95 Å². The molecule has 7 heteroatoms. The van der Waals surface area contributed by atoms with Gasteiger partial charge in [0.05, 0.1) is 0 Å². The first kappa shape index (κ1) is 19.9. The van der Waals surface area contributed by atoms with E-state index >= 15 is 0 Å². The van der Waals surface area contributed by atoms with Gasteiger partial charge in [0.25, 0.3) is 5.91 Å². The number of rotatable bonds is 4. The Hall–Kier alpha value is -3.35. The fourth-order valence-electron chi connectivity index (χ4n) is 3.87. The number of hydrogen-bond acceptors (Lipinski definition) is 6. The zero-order chi connectivity index (χ0) is 21.1. The Kier molecular flexibility index (Phi) is 5.70. The van der Waals surface area contributed by atoms with Crippen molar-refractivity contribution in [2.45, 2.75) is 39.5 Å². The number of nitrogens with zero attached hydrogens (tertiary/aromatic N) is 5. The van der Waals surface area contributed by atoms with Crippen molar-refractivity contribution in [3.8, 4) is 0 Å². The molecule has 0 bridgehead atoms. The quantitative estimate of drug-likeness (QED) is 0.711. The summed E-state index contributed by atoms with van der Waals surface area (Å²) in [7, 11) is 0. The van der Waals surface area contributed by atoms with Crippen molar-refractivity contribution in [1.82, 2.24) is 24.8 Å². The second kappa shape index (κ2) is 8.57. The van der Waals surface area contributed by atoms with Crippen molar-refractivity contribution in [3.63, 3.8) is 0 Å². The van der Waals surface area contributed by atoms with E-state index in [9.17, 15) is 4.79 Å². The number of carbonyl (C=O) groups excluding carboxylic acids is 1. The SMILES string of the molecule is Cc1cc(C)nc(Nc2cc(C)nc([C@@H]3CCCN(C(=O)c4ccccc4)C3)n2)n1. The van der Waals surface area contributed by atoms with Gasteiger partial charge >= 0.3 is 0 Å². The summed E-state index contributed by atoms with van der Waals surface area (Å²) in [5.41, 5.74) is 3.40. The predicted molar refractivity (Wildman–Crippen MR) is 116 cm³/mol. The summed E-state index contributed by atoms with van der Waals surface area (Å²) in [5, 5.41) is 3.21. The molecule has 1 atom stereocenters. The van der Waals surface area contributed by atoms with Gasteiger partial charge in [-0.1, -0.05) is 18.2 Å². The second-order valence-electron chi connectivity index (χ2n) is 7.81. The van der Waals surface area contributed by atoms with Gasteiger partial charge in [-0.05, 0) is 51.8 Å². The Morgan fingerprint density at radius 1 is 0.967 bits per heavy atom. The highest BCUT2D eigenvalue weighted by Crippen LogP contribution is 2.27. The minimum atomic E-state index is 0.0648. The molecule has 0 radical (unpaired) electrons. The minimum absolute atomic E-state index is 0.0648. The summed E-state index contributed by atoms with van der Waals surface area (Å²) >= 11 is 0. The highest BCUT2D eigenvalue weighted by Gasteiger charge is 2.27. The largest absolute Gasteiger partial charge is 0.338 e. The van der Waals surface area contributed by atoms with Gasteiger partial charge in [0.15, 0.2) is 0 Å². The highest BCUT2D eigenvalue weighted by molar-refractivity contribution is 5.94. The molecule has 0 saturated carbocycles. The Balaban J connectivity index is 1.54. The molecule has 3 aromatic rings. The minimum Gasteiger partial charge on any atom is -0.338 e. The van der Waals surface area contributed by atoms with Crippen molar-refractivity contribution < 1.29 is 4.79 Å². The molecule has 1 N–H and O–H groups in total. The Bertz CT molecular complexity index is 1030.